The van der Waals surface area contributed by atoms with E-state index in [-0.39, 0.29) is 11.7 Å². The molecular formula is C14H15N3O2S3. The number of benzene rings is 1. The Labute approximate surface area is 141 Å². The summed E-state index contributed by atoms with van der Waals surface area (Å²) in [4.78, 5) is 24.5. The molecule has 1 aromatic heterocycles. The van der Waals surface area contributed by atoms with Crippen LogP contribution >= 0.6 is 34.9 Å². The van der Waals surface area contributed by atoms with Gasteiger partial charge in [-0.3, -0.25) is 9.59 Å². The van der Waals surface area contributed by atoms with E-state index in [1.54, 1.807) is 12.1 Å². The molecule has 0 saturated heterocycles. The highest BCUT2D eigenvalue weighted by Crippen LogP contribution is 2.28. The Morgan fingerprint density at radius 1 is 1.32 bits per heavy atom. The van der Waals surface area contributed by atoms with Crippen molar-refractivity contribution in [1.82, 2.24) is 10.2 Å². The van der Waals surface area contributed by atoms with Crippen LogP contribution in [0.25, 0.3) is 0 Å². The lowest BCUT2D eigenvalue weighted by Crippen LogP contribution is -2.09. The Hall–Kier alpha value is -1.38. The first-order valence-electron chi connectivity index (χ1n) is 6.41. The summed E-state index contributed by atoms with van der Waals surface area (Å²) in [6, 6.07) is 5.36. The van der Waals surface area contributed by atoms with E-state index in [1.807, 2.05) is 19.2 Å². The predicted molar refractivity (Wildman–Crippen MR) is 92.2 cm³/mol. The van der Waals surface area contributed by atoms with Gasteiger partial charge in [0, 0.05) is 17.4 Å². The zero-order valence-corrected chi connectivity index (χ0v) is 14.8. The van der Waals surface area contributed by atoms with Gasteiger partial charge >= 0.3 is 0 Å². The molecule has 2 rings (SSSR count). The summed E-state index contributed by atoms with van der Waals surface area (Å²) >= 11 is 4.37. The third-order valence-corrected chi connectivity index (χ3v) is 5.43. The van der Waals surface area contributed by atoms with E-state index < -0.39 is 0 Å². The zero-order chi connectivity index (χ0) is 16.1. The molecule has 0 aliphatic rings. The van der Waals surface area contributed by atoms with Gasteiger partial charge in [0.1, 0.15) is 5.01 Å². The summed E-state index contributed by atoms with van der Waals surface area (Å²) in [6.45, 7) is 3.33. The smallest absolute Gasteiger partial charge is 0.221 e. The fourth-order valence-corrected chi connectivity index (χ4v) is 3.96. The lowest BCUT2D eigenvalue weighted by atomic mass is 10.1. The highest BCUT2D eigenvalue weighted by atomic mass is 32.2. The number of Topliss-reactive ketones (excluding diaryl/α,β-unsaturated/α-hetero) is 1. The van der Waals surface area contributed by atoms with Gasteiger partial charge in [0.05, 0.1) is 11.4 Å². The Balaban J connectivity index is 2.10. The molecule has 0 fully saturated rings. The standard InChI is InChI=1S/C14H15N3O2S3/c1-8(18)15-11-6-10(4-5-13(11)20-3)12(19)7-21-14-17-16-9(2)22-14/h4-6H,7H2,1-3H3,(H,15,18). The molecule has 116 valence electrons. The molecule has 5 nitrogen and oxygen atoms in total. The van der Waals surface area contributed by atoms with E-state index in [9.17, 15) is 9.59 Å². The number of thioether (sulfide) groups is 2. The van der Waals surface area contributed by atoms with Gasteiger partial charge in [0.15, 0.2) is 10.1 Å². The number of rotatable bonds is 6. The number of hydrogen-bond donors (Lipinski definition) is 1. The van der Waals surface area contributed by atoms with Crippen LogP contribution in [0, 0.1) is 6.92 Å². The normalized spacial score (nSPS) is 10.5. The van der Waals surface area contributed by atoms with E-state index >= 15 is 0 Å². The van der Waals surface area contributed by atoms with E-state index in [0.29, 0.717) is 17.0 Å². The average molecular weight is 353 g/mol. The minimum atomic E-state index is -0.154. The largest absolute Gasteiger partial charge is 0.325 e. The number of amides is 1. The van der Waals surface area contributed by atoms with Crippen LogP contribution in [0.3, 0.4) is 0 Å². The number of anilines is 1. The summed E-state index contributed by atoms with van der Waals surface area (Å²) in [6.07, 6.45) is 1.93. The Morgan fingerprint density at radius 2 is 2.09 bits per heavy atom. The SMILES string of the molecule is CSc1ccc(C(=O)CSc2nnc(C)s2)cc1NC(C)=O. The van der Waals surface area contributed by atoms with Crippen LogP contribution in [0.2, 0.25) is 0 Å². The highest BCUT2D eigenvalue weighted by molar-refractivity contribution is 8.01. The molecule has 2 aromatic rings. The summed E-state index contributed by atoms with van der Waals surface area (Å²) in [5, 5.41) is 11.5. The first-order valence-corrected chi connectivity index (χ1v) is 9.44. The van der Waals surface area contributed by atoms with Gasteiger partial charge in [-0.05, 0) is 25.3 Å². The fourth-order valence-electron chi connectivity index (χ4n) is 1.72. The van der Waals surface area contributed by atoms with Gasteiger partial charge in [-0.1, -0.05) is 29.2 Å². The molecule has 22 heavy (non-hydrogen) atoms. The number of nitrogens with one attached hydrogen (secondary N) is 1. The summed E-state index contributed by atoms with van der Waals surface area (Å²) in [7, 11) is 0. The topological polar surface area (TPSA) is 72.0 Å². The van der Waals surface area contributed by atoms with Gasteiger partial charge in [-0.15, -0.1) is 22.0 Å². The minimum absolute atomic E-state index is 0.00268. The number of carbonyl (C=O) groups excluding carboxylic acids is 2. The molecule has 1 aromatic carbocycles. The minimum Gasteiger partial charge on any atom is -0.325 e. The number of ketones is 1. The van der Waals surface area contributed by atoms with E-state index in [0.717, 1.165) is 14.2 Å². The Morgan fingerprint density at radius 3 is 2.68 bits per heavy atom. The summed E-state index contributed by atoms with van der Waals surface area (Å²) in [5.41, 5.74) is 1.25. The average Bonchev–Trinajstić information content (AvgIpc) is 2.89. The molecule has 1 N–H and O–H groups in total. The quantitative estimate of drug-likeness (QED) is 0.633. The van der Waals surface area contributed by atoms with Crippen molar-refractivity contribution in [2.24, 2.45) is 0 Å². The van der Waals surface area contributed by atoms with Crippen LogP contribution in [0.1, 0.15) is 22.3 Å². The van der Waals surface area contributed by atoms with E-state index in [1.165, 1.54) is 41.8 Å². The van der Waals surface area contributed by atoms with E-state index in [4.69, 9.17) is 0 Å². The summed E-state index contributed by atoms with van der Waals surface area (Å²) in [5.74, 6) is 0.142. The van der Waals surface area contributed by atoms with Crippen molar-refractivity contribution < 1.29 is 9.59 Å². The maximum Gasteiger partial charge on any atom is 0.221 e. The predicted octanol–water partition coefficient (Wildman–Crippen LogP) is 3.50. The molecule has 0 unspecified atom stereocenters. The Kier molecular flexibility index (Phi) is 5.98. The number of aromatic nitrogens is 2. The number of nitrogens with zero attached hydrogens (tertiary/aromatic N) is 2. The van der Waals surface area contributed by atoms with Crippen LogP contribution in [0.4, 0.5) is 5.69 Å². The van der Waals surface area contributed by atoms with Crippen molar-refractivity contribution in [3.05, 3.63) is 28.8 Å². The third kappa shape index (κ3) is 4.56. The first kappa shape index (κ1) is 17.0. The van der Waals surface area contributed by atoms with Gasteiger partial charge in [0.25, 0.3) is 0 Å². The highest BCUT2D eigenvalue weighted by Gasteiger charge is 2.12. The maximum absolute atomic E-state index is 12.3. The van der Waals surface area contributed by atoms with Crippen molar-refractivity contribution in [2.75, 3.05) is 17.3 Å². The molecule has 0 bridgehead atoms. The molecule has 0 radical (unpaired) electrons. The number of aryl methyl sites for hydroxylation is 1. The molecule has 0 spiro atoms. The fraction of sp³-hybridized carbons (Fsp3) is 0.286. The van der Waals surface area contributed by atoms with Crippen LogP contribution in [0.15, 0.2) is 27.4 Å². The lowest BCUT2D eigenvalue weighted by Gasteiger charge is -2.09. The van der Waals surface area contributed by atoms with Gasteiger partial charge in [-0.25, -0.2) is 0 Å². The van der Waals surface area contributed by atoms with Crippen molar-refractivity contribution in [3.8, 4) is 0 Å². The van der Waals surface area contributed by atoms with Gasteiger partial charge in [-0.2, -0.15) is 0 Å². The summed E-state index contributed by atoms with van der Waals surface area (Å²) < 4.78 is 0.786. The molecule has 0 saturated carbocycles. The van der Waals surface area contributed by atoms with Crippen molar-refractivity contribution >= 4 is 52.2 Å². The van der Waals surface area contributed by atoms with Crippen LogP contribution in [-0.4, -0.2) is 33.9 Å². The van der Waals surface area contributed by atoms with Crippen molar-refractivity contribution in [3.63, 3.8) is 0 Å². The van der Waals surface area contributed by atoms with Gasteiger partial charge < -0.3 is 5.32 Å². The van der Waals surface area contributed by atoms with E-state index in [2.05, 4.69) is 15.5 Å². The first-order chi connectivity index (χ1) is 10.5. The molecule has 0 atom stereocenters. The van der Waals surface area contributed by atoms with Crippen LogP contribution in [-0.2, 0) is 4.79 Å². The van der Waals surface area contributed by atoms with Crippen molar-refractivity contribution in [1.29, 1.82) is 0 Å². The molecule has 8 heteroatoms. The third-order valence-electron chi connectivity index (χ3n) is 2.67. The molecule has 1 heterocycles. The molecule has 0 aliphatic carbocycles. The Bertz CT molecular complexity index is 700. The van der Waals surface area contributed by atoms with Crippen LogP contribution < -0.4 is 5.32 Å². The van der Waals surface area contributed by atoms with Gasteiger partial charge in [0.2, 0.25) is 5.91 Å². The monoisotopic (exact) mass is 353 g/mol. The second kappa shape index (κ2) is 7.75. The number of carbonyl (C=O) groups is 2. The lowest BCUT2D eigenvalue weighted by molar-refractivity contribution is -0.114. The molecular weight excluding hydrogens is 338 g/mol. The molecule has 0 aliphatic heterocycles. The van der Waals surface area contributed by atoms with Crippen LogP contribution in [0.5, 0.6) is 0 Å². The molecule has 1 amide bonds. The van der Waals surface area contributed by atoms with Crippen molar-refractivity contribution in [2.45, 2.75) is 23.1 Å². The zero-order valence-electron chi connectivity index (χ0n) is 12.4. The maximum atomic E-state index is 12.3. The number of hydrogen-bond acceptors (Lipinski definition) is 7. The second-order valence-corrected chi connectivity index (χ2v) is 7.65. The second-order valence-electron chi connectivity index (χ2n) is 4.40.